The van der Waals surface area contributed by atoms with E-state index in [1.54, 1.807) is 0 Å². The lowest BCUT2D eigenvalue weighted by molar-refractivity contribution is 0.0507. The van der Waals surface area contributed by atoms with E-state index in [1.807, 2.05) is 0 Å². The van der Waals surface area contributed by atoms with Crippen molar-refractivity contribution in [3.05, 3.63) is 10.6 Å². The molecule has 2 rings (SSSR count). The van der Waals surface area contributed by atoms with Crippen LogP contribution in [0.15, 0.2) is 0 Å². The number of aromatic nitrogens is 3. The van der Waals surface area contributed by atoms with Crippen molar-refractivity contribution in [2.45, 2.75) is 45.6 Å². The number of hydrogen-bond donors (Lipinski definition) is 1. The van der Waals surface area contributed by atoms with Gasteiger partial charge in [-0.2, -0.15) is 5.10 Å². The first-order chi connectivity index (χ1) is 8.24. The minimum atomic E-state index is 0.423. The van der Waals surface area contributed by atoms with Crippen molar-refractivity contribution in [2.24, 2.45) is 5.92 Å². The summed E-state index contributed by atoms with van der Waals surface area (Å²) in [7, 11) is 0. The number of aryl methyl sites for hydroxylation is 1. The normalized spacial score (nSPS) is 19.4. The van der Waals surface area contributed by atoms with Crippen LogP contribution in [0.4, 0.5) is 0 Å². The first kappa shape index (κ1) is 12.8. The van der Waals surface area contributed by atoms with Gasteiger partial charge in [-0.15, -0.1) is 0 Å². The van der Waals surface area contributed by atoms with Crippen molar-refractivity contribution < 1.29 is 4.74 Å². The van der Waals surface area contributed by atoms with E-state index in [-0.39, 0.29) is 0 Å². The average Bonchev–Trinajstić information content (AvgIpc) is 2.71. The zero-order chi connectivity index (χ0) is 12.3. The fourth-order valence-corrected chi connectivity index (χ4v) is 2.88. The summed E-state index contributed by atoms with van der Waals surface area (Å²) < 4.78 is 8.38. The fraction of sp³-hybridized carbons (Fsp3) is 0.833. The Kier molecular flexibility index (Phi) is 4.34. The highest BCUT2D eigenvalue weighted by molar-refractivity contribution is 7.71. The minimum absolute atomic E-state index is 0.423. The van der Waals surface area contributed by atoms with Crippen molar-refractivity contribution >= 4 is 12.2 Å². The Morgan fingerprint density at radius 1 is 1.53 bits per heavy atom. The van der Waals surface area contributed by atoms with E-state index in [9.17, 15) is 0 Å². The molecule has 5 heteroatoms. The van der Waals surface area contributed by atoms with Crippen LogP contribution in [-0.2, 0) is 11.2 Å². The second-order valence-corrected chi connectivity index (χ2v) is 5.14. The smallest absolute Gasteiger partial charge is 0.195 e. The Hall–Kier alpha value is -0.680. The Bertz CT molecular complexity index is 406. The molecule has 1 atom stereocenters. The lowest BCUT2D eigenvalue weighted by Gasteiger charge is -2.29. The Morgan fingerprint density at radius 2 is 2.24 bits per heavy atom. The van der Waals surface area contributed by atoms with E-state index in [0.29, 0.717) is 12.0 Å². The number of H-pyrrole nitrogens is 1. The maximum atomic E-state index is 5.42. The maximum Gasteiger partial charge on any atom is 0.195 e. The predicted molar refractivity (Wildman–Crippen MR) is 69.7 cm³/mol. The van der Waals surface area contributed by atoms with Crippen LogP contribution < -0.4 is 0 Å². The highest BCUT2D eigenvalue weighted by Gasteiger charge is 2.24. The standard InChI is InChI=1S/C12H21N3OS/c1-3-4-11-13-14-12(17)15(11)9(2)10-5-7-16-8-6-10/h9-10H,3-8H2,1-2H3,(H,14,17). The van der Waals surface area contributed by atoms with Crippen molar-refractivity contribution in [3.8, 4) is 0 Å². The molecule has 4 nitrogen and oxygen atoms in total. The Balaban J connectivity index is 2.19. The molecule has 0 saturated carbocycles. The highest BCUT2D eigenvalue weighted by Crippen LogP contribution is 2.28. The molecule has 1 aliphatic heterocycles. The molecule has 1 fully saturated rings. The molecule has 1 unspecified atom stereocenters. The third-order valence-electron chi connectivity index (χ3n) is 3.61. The predicted octanol–water partition coefficient (Wildman–Crippen LogP) is 2.88. The molecule has 1 saturated heterocycles. The van der Waals surface area contributed by atoms with Crippen LogP contribution in [0.1, 0.15) is 45.0 Å². The number of rotatable bonds is 4. The summed E-state index contributed by atoms with van der Waals surface area (Å²) >= 11 is 5.35. The SMILES string of the molecule is CCCc1n[nH]c(=S)n1C(C)C1CCOCC1. The van der Waals surface area contributed by atoms with Crippen LogP contribution in [0.25, 0.3) is 0 Å². The monoisotopic (exact) mass is 255 g/mol. The number of nitrogens with zero attached hydrogens (tertiary/aromatic N) is 2. The van der Waals surface area contributed by atoms with Gasteiger partial charge >= 0.3 is 0 Å². The van der Waals surface area contributed by atoms with Crippen LogP contribution in [0.2, 0.25) is 0 Å². The zero-order valence-corrected chi connectivity index (χ0v) is 11.4. The van der Waals surface area contributed by atoms with E-state index in [4.69, 9.17) is 17.0 Å². The molecule has 0 aliphatic carbocycles. The fourth-order valence-electron chi connectivity index (χ4n) is 2.57. The van der Waals surface area contributed by atoms with Gasteiger partial charge in [-0.25, -0.2) is 0 Å². The largest absolute Gasteiger partial charge is 0.381 e. The summed E-state index contributed by atoms with van der Waals surface area (Å²) in [6.45, 7) is 6.17. The van der Waals surface area contributed by atoms with Crippen LogP contribution in [0.5, 0.6) is 0 Å². The number of nitrogens with one attached hydrogen (secondary N) is 1. The summed E-state index contributed by atoms with van der Waals surface area (Å²) in [6.07, 6.45) is 4.33. The number of hydrogen-bond acceptors (Lipinski definition) is 3. The van der Waals surface area contributed by atoms with Crippen molar-refractivity contribution in [2.75, 3.05) is 13.2 Å². The quantitative estimate of drug-likeness (QED) is 0.841. The summed E-state index contributed by atoms with van der Waals surface area (Å²) in [5.74, 6) is 1.75. The van der Waals surface area contributed by atoms with Gasteiger partial charge in [0.05, 0.1) is 0 Å². The molecule has 0 radical (unpaired) electrons. The Morgan fingerprint density at radius 3 is 2.88 bits per heavy atom. The number of ether oxygens (including phenoxy) is 1. The molecule has 0 aromatic carbocycles. The van der Waals surface area contributed by atoms with Gasteiger partial charge < -0.3 is 9.30 Å². The van der Waals surface area contributed by atoms with Crippen molar-refractivity contribution in [1.82, 2.24) is 14.8 Å². The van der Waals surface area contributed by atoms with Gasteiger partial charge in [0.15, 0.2) is 4.77 Å². The molecule has 0 amide bonds. The minimum Gasteiger partial charge on any atom is -0.381 e. The first-order valence-corrected chi connectivity index (χ1v) is 6.88. The summed E-state index contributed by atoms with van der Waals surface area (Å²) in [6, 6.07) is 0.423. The molecular formula is C12H21N3OS. The van der Waals surface area contributed by atoms with Gasteiger partial charge in [-0.1, -0.05) is 6.92 Å². The van der Waals surface area contributed by atoms with E-state index < -0.39 is 0 Å². The second-order valence-electron chi connectivity index (χ2n) is 4.76. The first-order valence-electron chi connectivity index (χ1n) is 6.47. The molecule has 1 aromatic heterocycles. The Labute approximate surface area is 107 Å². The van der Waals surface area contributed by atoms with Gasteiger partial charge in [0, 0.05) is 25.7 Å². The van der Waals surface area contributed by atoms with Crippen LogP contribution in [0, 0.1) is 10.7 Å². The highest BCUT2D eigenvalue weighted by atomic mass is 32.1. The second kappa shape index (κ2) is 5.78. The number of aromatic amines is 1. The molecule has 96 valence electrons. The topological polar surface area (TPSA) is 42.8 Å². The third-order valence-corrected chi connectivity index (χ3v) is 3.89. The summed E-state index contributed by atoms with van der Waals surface area (Å²) in [5.41, 5.74) is 0. The van der Waals surface area contributed by atoms with Crippen LogP contribution >= 0.6 is 12.2 Å². The lowest BCUT2D eigenvalue weighted by atomic mass is 9.92. The van der Waals surface area contributed by atoms with Gasteiger partial charge in [0.25, 0.3) is 0 Å². The van der Waals surface area contributed by atoms with Crippen molar-refractivity contribution in [1.29, 1.82) is 0 Å². The molecule has 1 aliphatic rings. The summed E-state index contributed by atoms with van der Waals surface area (Å²) in [5, 5.41) is 7.26. The molecule has 17 heavy (non-hydrogen) atoms. The summed E-state index contributed by atoms with van der Waals surface area (Å²) in [4.78, 5) is 0. The van der Waals surface area contributed by atoms with Crippen LogP contribution in [0.3, 0.4) is 0 Å². The van der Waals surface area contributed by atoms with Crippen molar-refractivity contribution in [3.63, 3.8) is 0 Å². The van der Waals surface area contributed by atoms with E-state index in [2.05, 4.69) is 28.6 Å². The van der Waals surface area contributed by atoms with Gasteiger partial charge in [-0.05, 0) is 44.3 Å². The van der Waals surface area contributed by atoms with Crippen LogP contribution in [-0.4, -0.2) is 28.0 Å². The average molecular weight is 255 g/mol. The van der Waals surface area contributed by atoms with Gasteiger partial charge in [-0.3, -0.25) is 5.10 Å². The van der Waals surface area contributed by atoms with Gasteiger partial charge in [0.1, 0.15) is 5.82 Å². The lowest BCUT2D eigenvalue weighted by Crippen LogP contribution is -2.25. The molecule has 1 N–H and O–H groups in total. The van der Waals surface area contributed by atoms with Gasteiger partial charge in [0.2, 0.25) is 0 Å². The third kappa shape index (κ3) is 2.77. The maximum absolute atomic E-state index is 5.42. The molecule has 2 heterocycles. The van der Waals surface area contributed by atoms with E-state index in [1.165, 1.54) is 0 Å². The zero-order valence-electron chi connectivity index (χ0n) is 10.6. The molecular weight excluding hydrogens is 234 g/mol. The molecule has 0 spiro atoms. The molecule has 0 bridgehead atoms. The van der Waals surface area contributed by atoms with E-state index >= 15 is 0 Å². The van der Waals surface area contributed by atoms with E-state index in [0.717, 1.165) is 49.5 Å². The molecule has 1 aromatic rings.